The SMILES string of the molecule is COCCNc1nc2c(s1)CCc1ccccc1-2. The number of ether oxygens (including phenoxy) is 1. The van der Waals surface area contributed by atoms with Crippen LogP contribution in [0, 0.1) is 0 Å². The topological polar surface area (TPSA) is 34.1 Å². The number of fused-ring (bicyclic) bond motifs is 3. The number of aromatic nitrogens is 1. The van der Waals surface area contributed by atoms with E-state index in [1.807, 2.05) is 0 Å². The summed E-state index contributed by atoms with van der Waals surface area (Å²) in [5, 5.41) is 4.32. The van der Waals surface area contributed by atoms with E-state index in [0.717, 1.165) is 24.5 Å². The van der Waals surface area contributed by atoms with Crippen molar-refractivity contribution in [2.24, 2.45) is 0 Å². The van der Waals surface area contributed by atoms with Gasteiger partial charge in [-0.2, -0.15) is 0 Å². The molecule has 3 rings (SSSR count). The van der Waals surface area contributed by atoms with Gasteiger partial charge in [0.05, 0.1) is 12.3 Å². The molecule has 1 N–H and O–H groups in total. The fraction of sp³-hybridized carbons (Fsp3) is 0.357. The predicted octanol–water partition coefficient (Wildman–Crippen LogP) is 2.97. The molecule has 0 fully saturated rings. The Kier molecular flexibility index (Phi) is 3.30. The lowest BCUT2D eigenvalue weighted by Crippen LogP contribution is -2.07. The van der Waals surface area contributed by atoms with Crippen LogP contribution in [-0.2, 0) is 17.6 Å². The molecule has 0 aliphatic heterocycles. The second-order valence-electron chi connectivity index (χ2n) is 4.37. The molecule has 0 bridgehead atoms. The van der Waals surface area contributed by atoms with Crippen molar-refractivity contribution in [2.75, 3.05) is 25.6 Å². The molecule has 0 spiro atoms. The van der Waals surface area contributed by atoms with Gasteiger partial charge in [-0.1, -0.05) is 24.3 Å². The molecule has 3 nitrogen and oxygen atoms in total. The summed E-state index contributed by atoms with van der Waals surface area (Å²) in [5.41, 5.74) is 3.88. The second kappa shape index (κ2) is 5.08. The van der Waals surface area contributed by atoms with Crippen molar-refractivity contribution in [3.63, 3.8) is 0 Å². The number of nitrogens with zero attached hydrogens (tertiary/aromatic N) is 1. The summed E-state index contributed by atoms with van der Waals surface area (Å²) >= 11 is 1.77. The first-order valence-electron chi connectivity index (χ1n) is 6.19. The monoisotopic (exact) mass is 260 g/mol. The van der Waals surface area contributed by atoms with Gasteiger partial charge in [0.1, 0.15) is 0 Å². The minimum Gasteiger partial charge on any atom is -0.383 e. The van der Waals surface area contributed by atoms with Gasteiger partial charge < -0.3 is 10.1 Å². The fourth-order valence-electron chi connectivity index (χ4n) is 2.28. The van der Waals surface area contributed by atoms with Crippen molar-refractivity contribution < 1.29 is 4.74 Å². The Hall–Kier alpha value is -1.39. The van der Waals surface area contributed by atoms with Gasteiger partial charge in [0.25, 0.3) is 0 Å². The van der Waals surface area contributed by atoms with E-state index in [1.54, 1.807) is 18.4 Å². The Labute approximate surface area is 111 Å². The first kappa shape index (κ1) is 11.7. The van der Waals surface area contributed by atoms with Crippen LogP contribution in [0.15, 0.2) is 24.3 Å². The number of hydrogen-bond donors (Lipinski definition) is 1. The molecule has 0 atom stereocenters. The van der Waals surface area contributed by atoms with Crippen molar-refractivity contribution in [1.82, 2.24) is 4.98 Å². The van der Waals surface area contributed by atoms with Crippen molar-refractivity contribution in [2.45, 2.75) is 12.8 Å². The van der Waals surface area contributed by atoms with Crippen LogP contribution in [-0.4, -0.2) is 25.2 Å². The Morgan fingerprint density at radius 1 is 1.33 bits per heavy atom. The van der Waals surface area contributed by atoms with Gasteiger partial charge >= 0.3 is 0 Å². The highest BCUT2D eigenvalue weighted by atomic mass is 32.1. The molecule has 1 aromatic heterocycles. The standard InChI is InChI=1S/C14H16N2OS/c1-17-9-8-15-14-16-13-11-5-3-2-4-10(11)6-7-12(13)18-14/h2-5H,6-9H2,1H3,(H,15,16). The van der Waals surface area contributed by atoms with Gasteiger partial charge in [0.15, 0.2) is 5.13 Å². The highest BCUT2D eigenvalue weighted by molar-refractivity contribution is 7.16. The van der Waals surface area contributed by atoms with Gasteiger partial charge in [0.2, 0.25) is 0 Å². The molecule has 1 heterocycles. The zero-order chi connectivity index (χ0) is 12.4. The average Bonchev–Trinajstić information content (AvgIpc) is 2.82. The summed E-state index contributed by atoms with van der Waals surface area (Å²) in [5.74, 6) is 0. The summed E-state index contributed by atoms with van der Waals surface area (Å²) in [4.78, 5) is 6.11. The maximum absolute atomic E-state index is 5.04. The van der Waals surface area contributed by atoms with E-state index in [1.165, 1.54) is 21.7 Å². The molecule has 1 aliphatic carbocycles. The quantitative estimate of drug-likeness (QED) is 0.858. The van der Waals surface area contributed by atoms with E-state index in [9.17, 15) is 0 Å². The highest BCUT2D eigenvalue weighted by Gasteiger charge is 2.20. The largest absolute Gasteiger partial charge is 0.383 e. The van der Waals surface area contributed by atoms with Gasteiger partial charge in [0, 0.05) is 24.1 Å². The maximum atomic E-state index is 5.04. The summed E-state index contributed by atoms with van der Waals surface area (Å²) in [7, 11) is 1.71. The first-order valence-corrected chi connectivity index (χ1v) is 7.01. The number of benzene rings is 1. The number of methoxy groups -OCH3 is 1. The summed E-state index contributed by atoms with van der Waals surface area (Å²) in [6.07, 6.45) is 2.23. The Balaban J connectivity index is 1.87. The Morgan fingerprint density at radius 3 is 3.11 bits per heavy atom. The average molecular weight is 260 g/mol. The third kappa shape index (κ3) is 2.13. The number of anilines is 1. The zero-order valence-corrected chi connectivity index (χ0v) is 11.2. The third-order valence-corrected chi connectivity index (χ3v) is 4.25. The molecule has 0 saturated carbocycles. The van der Waals surface area contributed by atoms with Gasteiger partial charge in [-0.3, -0.25) is 0 Å². The minimum atomic E-state index is 0.709. The lowest BCUT2D eigenvalue weighted by molar-refractivity contribution is 0.211. The molecule has 4 heteroatoms. The van der Waals surface area contributed by atoms with Crippen molar-refractivity contribution in [3.8, 4) is 11.3 Å². The molecule has 2 aromatic rings. The molecule has 0 amide bonds. The zero-order valence-electron chi connectivity index (χ0n) is 10.4. The van der Waals surface area contributed by atoms with Gasteiger partial charge in [-0.25, -0.2) is 4.98 Å². The summed E-state index contributed by atoms with van der Waals surface area (Å²) in [6.45, 7) is 1.52. The molecular formula is C14H16N2OS. The highest BCUT2D eigenvalue weighted by Crippen LogP contribution is 2.37. The van der Waals surface area contributed by atoms with Crippen LogP contribution >= 0.6 is 11.3 Å². The van der Waals surface area contributed by atoms with E-state index >= 15 is 0 Å². The molecule has 18 heavy (non-hydrogen) atoms. The predicted molar refractivity (Wildman–Crippen MR) is 75.3 cm³/mol. The van der Waals surface area contributed by atoms with Crippen molar-refractivity contribution in [1.29, 1.82) is 0 Å². The van der Waals surface area contributed by atoms with Crippen LogP contribution in [0.4, 0.5) is 5.13 Å². The van der Waals surface area contributed by atoms with Crippen LogP contribution in [0.25, 0.3) is 11.3 Å². The van der Waals surface area contributed by atoms with Crippen LogP contribution in [0.3, 0.4) is 0 Å². The first-order chi connectivity index (χ1) is 8.88. The molecular weight excluding hydrogens is 244 g/mol. The lowest BCUT2D eigenvalue weighted by atomic mass is 9.94. The summed E-state index contributed by atoms with van der Waals surface area (Å²) < 4.78 is 5.04. The van der Waals surface area contributed by atoms with Crippen LogP contribution in [0.2, 0.25) is 0 Å². The fourth-order valence-corrected chi connectivity index (χ4v) is 3.29. The van der Waals surface area contributed by atoms with Crippen LogP contribution in [0.1, 0.15) is 10.4 Å². The Morgan fingerprint density at radius 2 is 2.22 bits per heavy atom. The maximum Gasteiger partial charge on any atom is 0.183 e. The van der Waals surface area contributed by atoms with E-state index < -0.39 is 0 Å². The van der Waals surface area contributed by atoms with Crippen molar-refractivity contribution in [3.05, 3.63) is 34.7 Å². The number of nitrogens with one attached hydrogen (secondary N) is 1. The van der Waals surface area contributed by atoms with Gasteiger partial charge in [-0.05, 0) is 18.4 Å². The smallest absolute Gasteiger partial charge is 0.183 e. The van der Waals surface area contributed by atoms with Crippen molar-refractivity contribution >= 4 is 16.5 Å². The van der Waals surface area contributed by atoms with E-state index in [4.69, 9.17) is 9.72 Å². The van der Waals surface area contributed by atoms with Gasteiger partial charge in [-0.15, -0.1) is 11.3 Å². The number of hydrogen-bond acceptors (Lipinski definition) is 4. The number of rotatable bonds is 4. The van der Waals surface area contributed by atoms with E-state index in [2.05, 4.69) is 29.6 Å². The molecule has 1 aromatic carbocycles. The molecule has 0 unspecified atom stereocenters. The van der Waals surface area contributed by atoms with E-state index in [-0.39, 0.29) is 0 Å². The molecule has 0 radical (unpaired) electrons. The summed E-state index contributed by atoms with van der Waals surface area (Å²) in [6, 6.07) is 8.57. The second-order valence-corrected chi connectivity index (χ2v) is 5.45. The molecule has 94 valence electrons. The number of thiazole rings is 1. The van der Waals surface area contributed by atoms with E-state index in [0.29, 0.717) is 6.61 Å². The Bertz CT molecular complexity index is 550. The number of aryl methyl sites for hydroxylation is 2. The normalized spacial score (nSPS) is 12.9. The minimum absolute atomic E-state index is 0.709. The lowest BCUT2D eigenvalue weighted by Gasteiger charge is -2.13. The van der Waals surface area contributed by atoms with Crippen LogP contribution in [0.5, 0.6) is 0 Å². The third-order valence-electron chi connectivity index (χ3n) is 3.17. The van der Waals surface area contributed by atoms with Crippen LogP contribution < -0.4 is 5.32 Å². The molecule has 1 aliphatic rings. The molecule has 0 saturated heterocycles.